The molecule has 2 rings (SSSR count). The van der Waals surface area contributed by atoms with Crippen LogP contribution in [0, 0.1) is 10.1 Å². The van der Waals surface area contributed by atoms with Gasteiger partial charge in [0.05, 0.1) is 26.1 Å². The summed E-state index contributed by atoms with van der Waals surface area (Å²) in [6.45, 7) is -0.294. The third-order valence-electron chi connectivity index (χ3n) is 3.84. The van der Waals surface area contributed by atoms with Crippen LogP contribution in [0.15, 0.2) is 47.4 Å². The maximum Gasteiger partial charge on any atom is 0.337 e. The van der Waals surface area contributed by atoms with Crippen LogP contribution in [0.5, 0.6) is 0 Å². The van der Waals surface area contributed by atoms with Gasteiger partial charge in [-0.3, -0.25) is 19.2 Å². The highest BCUT2D eigenvalue weighted by molar-refractivity contribution is 7.92. The normalized spacial score (nSPS) is 11.1. The van der Waals surface area contributed by atoms with Crippen LogP contribution in [0.2, 0.25) is 5.02 Å². The Kier molecular flexibility index (Phi) is 6.77. The number of carboxylic acids is 2. The first-order valence-electron chi connectivity index (χ1n) is 8.06. The van der Waals surface area contributed by atoms with E-state index in [1.54, 1.807) is 0 Å². The molecule has 2 aromatic carbocycles. The van der Waals surface area contributed by atoms with E-state index >= 15 is 0 Å². The standard InChI is InChI=1S/C17H15ClN2O8S/c18-15-7-6-11(10-14(15)17(23)24)19(8-2-5-16(21)22)29(27,28)13-4-1-3-12(9-13)20(25)26/h1,3-4,6-7,9-10H,2,5,8H2,(H,21,22)(H,23,24). The molecule has 0 radical (unpaired) electrons. The molecule has 2 N–H and O–H groups in total. The molecule has 0 spiro atoms. The molecule has 0 fully saturated rings. The molecule has 0 unspecified atom stereocenters. The van der Waals surface area contributed by atoms with Crippen LogP contribution < -0.4 is 4.31 Å². The fraction of sp³-hybridized carbons (Fsp3) is 0.176. The molecule has 12 heteroatoms. The zero-order valence-corrected chi connectivity index (χ0v) is 16.3. The number of carbonyl (C=O) groups is 2. The monoisotopic (exact) mass is 442 g/mol. The second kappa shape index (κ2) is 8.88. The molecule has 0 saturated carbocycles. The Bertz CT molecular complexity index is 1070. The average Bonchev–Trinajstić information content (AvgIpc) is 2.65. The Labute approximate surface area is 170 Å². The minimum Gasteiger partial charge on any atom is -0.481 e. The van der Waals surface area contributed by atoms with E-state index in [2.05, 4.69) is 0 Å². The third kappa shape index (κ3) is 5.21. The van der Waals surface area contributed by atoms with Crippen LogP contribution >= 0.6 is 11.6 Å². The second-order valence-electron chi connectivity index (χ2n) is 5.80. The lowest BCUT2D eigenvalue weighted by atomic mass is 10.2. The van der Waals surface area contributed by atoms with Gasteiger partial charge in [-0.1, -0.05) is 17.7 Å². The second-order valence-corrected chi connectivity index (χ2v) is 8.07. The van der Waals surface area contributed by atoms with Crippen molar-refractivity contribution in [2.45, 2.75) is 17.7 Å². The lowest BCUT2D eigenvalue weighted by Crippen LogP contribution is -2.32. The van der Waals surface area contributed by atoms with Crippen LogP contribution in [0.3, 0.4) is 0 Å². The molecule has 0 aliphatic carbocycles. The summed E-state index contributed by atoms with van der Waals surface area (Å²) < 4.78 is 27.1. The van der Waals surface area contributed by atoms with Crippen molar-refractivity contribution < 1.29 is 33.1 Å². The molecule has 0 bridgehead atoms. The number of rotatable bonds is 9. The van der Waals surface area contributed by atoms with E-state index in [1.807, 2.05) is 0 Å². The SMILES string of the molecule is O=C(O)CCCN(c1ccc(Cl)c(C(=O)O)c1)S(=O)(=O)c1cccc([N+](=O)[O-])c1. The van der Waals surface area contributed by atoms with E-state index in [-0.39, 0.29) is 35.7 Å². The summed E-state index contributed by atoms with van der Waals surface area (Å²) >= 11 is 5.83. The number of hydrogen-bond acceptors (Lipinski definition) is 6. The van der Waals surface area contributed by atoms with Gasteiger partial charge in [0.2, 0.25) is 0 Å². The molecule has 10 nitrogen and oxygen atoms in total. The predicted molar refractivity (Wildman–Crippen MR) is 103 cm³/mol. The van der Waals surface area contributed by atoms with Gasteiger partial charge in [-0.2, -0.15) is 0 Å². The summed E-state index contributed by atoms with van der Waals surface area (Å²) in [5.41, 5.74) is -0.857. The van der Waals surface area contributed by atoms with Gasteiger partial charge in [0, 0.05) is 25.1 Å². The highest BCUT2D eigenvalue weighted by Gasteiger charge is 2.27. The van der Waals surface area contributed by atoms with E-state index in [0.717, 1.165) is 28.6 Å². The van der Waals surface area contributed by atoms with Crippen molar-refractivity contribution >= 4 is 44.9 Å². The van der Waals surface area contributed by atoms with Gasteiger partial charge in [0.15, 0.2) is 0 Å². The molecule has 0 aliphatic rings. The van der Waals surface area contributed by atoms with Gasteiger partial charge in [-0.15, -0.1) is 0 Å². The quantitative estimate of drug-likeness (QED) is 0.443. The minimum atomic E-state index is -4.36. The van der Waals surface area contributed by atoms with E-state index < -0.39 is 37.5 Å². The lowest BCUT2D eigenvalue weighted by molar-refractivity contribution is -0.385. The van der Waals surface area contributed by atoms with Crippen LogP contribution in [0.25, 0.3) is 0 Å². The van der Waals surface area contributed by atoms with Crippen LogP contribution in [0.4, 0.5) is 11.4 Å². The van der Waals surface area contributed by atoms with Gasteiger partial charge in [0.1, 0.15) is 0 Å². The molecule has 0 aliphatic heterocycles. The number of non-ortho nitro benzene ring substituents is 1. The number of aliphatic carboxylic acids is 1. The molecule has 0 atom stereocenters. The van der Waals surface area contributed by atoms with Crippen molar-refractivity contribution in [3.8, 4) is 0 Å². The molecule has 0 amide bonds. The third-order valence-corrected chi connectivity index (χ3v) is 5.99. The van der Waals surface area contributed by atoms with Crippen molar-refractivity contribution in [1.82, 2.24) is 0 Å². The summed E-state index contributed by atoms with van der Waals surface area (Å²) in [5.74, 6) is -2.52. The molecular formula is C17H15ClN2O8S. The summed E-state index contributed by atoms with van der Waals surface area (Å²) in [5, 5.41) is 28.9. The number of nitro groups is 1. The summed E-state index contributed by atoms with van der Waals surface area (Å²) in [6.07, 6.45) is -0.408. The zero-order valence-electron chi connectivity index (χ0n) is 14.7. The number of anilines is 1. The van der Waals surface area contributed by atoms with Crippen LogP contribution in [-0.4, -0.2) is 42.0 Å². The number of hydrogen-bond donors (Lipinski definition) is 2. The first-order valence-corrected chi connectivity index (χ1v) is 9.87. The molecule has 0 saturated heterocycles. The minimum absolute atomic E-state index is 0.0660. The Morgan fingerprint density at radius 3 is 2.41 bits per heavy atom. The smallest absolute Gasteiger partial charge is 0.337 e. The van der Waals surface area contributed by atoms with Crippen molar-refractivity contribution in [1.29, 1.82) is 0 Å². The molecule has 0 heterocycles. The van der Waals surface area contributed by atoms with E-state index in [9.17, 15) is 33.2 Å². The summed E-state index contributed by atoms with van der Waals surface area (Å²) in [6, 6.07) is 7.86. The molecule has 2 aromatic rings. The number of carboxylic acid groups (broad SMARTS) is 2. The number of aromatic carboxylic acids is 1. The lowest BCUT2D eigenvalue weighted by Gasteiger charge is -2.25. The van der Waals surface area contributed by atoms with Gasteiger partial charge < -0.3 is 10.2 Å². The molecule has 154 valence electrons. The highest BCUT2D eigenvalue weighted by Crippen LogP contribution is 2.29. The van der Waals surface area contributed by atoms with Crippen LogP contribution in [0.1, 0.15) is 23.2 Å². The van der Waals surface area contributed by atoms with Crippen molar-refractivity contribution in [2.24, 2.45) is 0 Å². The Balaban J connectivity index is 2.56. The Morgan fingerprint density at radius 2 is 1.83 bits per heavy atom. The average molecular weight is 443 g/mol. The maximum atomic E-state index is 13.1. The maximum absolute atomic E-state index is 13.1. The van der Waals surface area contributed by atoms with Gasteiger partial charge >= 0.3 is 11.9 Å². The molecule has 0 aromatic heterocycles. The fourth-order valence-electron chi connectivity index (χ4n) is 2.48. The Morgan fingerprint density at radius 1 is 1.14 bits per heavy atom. The van der Waals surface area contributed by atoms with Crippen molar-refractivity contribution in [3.05, 3.63) is 63.2 Å². The number of nitrogens with zero attached hydrogens (tertiary/aromatic N) is 2. The van der Waals surface area contributed by atoms with E-state index in [4.69, 9.17) is 16.7 Å². The summed E-state index contributed by atoms with van der Waals surface area (Å²) in [4.78, 5) is 32.0. The van der Waals surface area contributed by atoms with Crippen LogP contribution in [-0.2, 0) is 14.8 Å². The van der Waals surface area contributed by atoms with E-state index in [1.165, 1.54) is 18.2 Å². The van der Waals surface area contributed by atoms with Gasteiger partial charge in [-0.05, 0) is 30.7 Å². The largest absolute Gasteiger partial charge is 0.481 e. The van der Waals surface area contributed by atoms with Gasteiger partial charge in [0.25, 0.3) is 15.7 Å². The zero-order chi connectivity index (χ0) is 21.8. The number of sulfonamides is 1. The topological polar surface area (TPSA) is 155 Å². The van der Waals surface area contributed by atoms with Crippen molar-refractivity contribution in [2.75, 3.05) is 10.8 Å². The molecule has 29 heavy (non-hydrogen) atoms. The molecular weight excluding hydrogens is 428 g/mol. The summed E-state index contributed by atoms with van der Waals surface area (Å²) in [7, 11) is -4.36. The first-order chi connectivity index (χ1) is 13.5. The fourth-order valence-corrected chi connectivity index (χ4v) is 4.21. The number of nitro benzene ring substituents is 1. The Hall–Kier alpha value is -3.18. The van der Waals surface area contributed by atoms with Crippen molar-refractivity contribution in [3.63, 3.8) is 0 Å². The first kappa shape index (κ1) is 22.1. The van der Waals surface area contributed by atoms with Gasteiger partial charge in [-0.25, -0.2) is 13.2 Å². The number of benzene rings is 2. The predicted octanol–water partition coefficient (Wildman–Crippen LogP) is 3.01. The highest BCUT2D eigenvalue weighted by atomic mass is 35.5. The number of halogens is 1. The van der Waals surface area contributed by atoms with E-state index in [0.29, 0.717) is 0 Å².